The predicted octanol–water partition coefficient (Wildman–Crippen LogP) is 3.99. The lowest BCUT2D eigenvalue weighted by Crippen LogP contribution is -2.52. The molecule has 4 fully saturated rings. The Bertz CT molecular complexity index is 822. The Kier molecular flexibility index (Phi) is 5.60. The third-order valence-electron chi connectivity index (χ3n) is 7.15. The first-order chi connectivity index (χ1) is 14.3. The number of carbonyl (C=O) groups is 3. The van der Waals surface area contributed by atoms with Crippen LogP contribution >= 0.6 is 0 Å². The van der Waals surface area contributed by atoms with Crippen molar-refractivity contribution in [1.82, 2.24) is 0 Å². The SMILES string of the molecule is COc1cc(C(C)=O)ccc1OCC(=O)OC(C)C(=O)C12CC3CC(CC(C3)C1)C2. The van der Waals surface area contributed by atoms with Gasteiger partial charge in [-0.2, -0.15) is 0 Å². The molecular formula is C24H30O6. The molecule has 4 saturated carbocycles. The van der Waals surface area contributed by atoms with E-state index in [1.54, 1.807) is 25.1 Å². The minimum Gasteiger partial charge on any atom is -0.493 e. The van der Waals surface area contributed by atoms with Crippen LogP contribution in [0.3, 0.4) is 0 Å². The monoisotopic (exact) mass is 414 g/mol. The molecule has 5 rings (SSSR count). The van der Waals surface area contributed by atoms with Crippen LogP contribution in [0.4, 0.5) is 0 Å². The summed E-state index contributed by atoms with van der Waals surface area (Å²) in [6.07, 6.45) is 5.89. The van der Waals surface area contributed by atoms with Gasteiger partial charge < -0.3 is 14.2 Å². The van der Waals surface area contributed by atoms with E-state index < -0.39 is 12.1 Å². The van der Waals surface area contributed by atoms with E-state index in [0.29, 0.717) is 34.8 Å². The Morgan fingerprint density at radius 3 is 2.17 bits per heavy atom. The normalized spacial score (nSPS) is 29.9. The van der Waals surface area contributed by atoms with Crippen LogP contribution in [0.1, 0.15) is 62.7 Å². The second-order valence-electron chi connectivity index (χ2n) is 9.40. The molecule has 30 heavy (non-hydrogen) atoms. The third kappa shape index (κ3) is 3.96. The maximum Gasteiger partial charge on any atom is 0.344 e. The van der Waals surface area contributed by atoms with Crippen LogP contribution in [0.5, 0.6) is 11.5 Å². The smallest absolute Gasteiger partial charge is 0.344 e. The van der Waals surface area contributed by atoms with Crippen molar-refractivity contribution in [2.45, 2.75) is 58.5 Å². The summed E-state index contributed by atoms with van der Waals surface area (Å²) in [6.45, 7) is 2.82. The molecule has 4 aliphatic carbocycles. The Labute approximate surface area is 177 Å². The van der Waals surface area contributed by atoms with Crippen molar-refractivity contribution >= 4 is 17.5 Å². The molecule has 1 aromatic rings. The standard InChI is InChI=1S/C24H30O6/c1-14(25)19-4-5-20(21(9-19)28-3)29-13-22(26)30-15(2)23(27)24-10-16-6-17(11-24)8-18(7-16)12-24/h4-5,9,15-18H,6-8,10-13H2,1-3H3. The molecule has 4 bridgehead atoms. The molecule has 4 aliphatic rings. The number of hydrogen-bond acceptors (Lipinski definition) is 6. The molecule has 0 spiro atoms. The van der Waals surface area contributed by atoms with E-state index in [4.69, 9.17) is 14.2 Å². The fourth-order valence-corrected chi connectivity index (χ4v) is 6.27. The Morgan fingerprint density at radius 1 is 1.03 bits per heavy atom. The van der Waals surface area contributed by atoms with Crippen LogP contribution in [-0.2, 0) is 14.3 Å². The number of ether oxygens (including phenoxy) is 3. The van der Waals surface area contributed by atoms with E-state index in [0.717, 1.165) is 19.3 Å². The first kappa shape index (κ1) is 20.9. The second kappa shape index (κ2) is 8.05. The molecule has 0 aromatic heterocycles. The van der Waals surface area contributed by atoms with Crippen LogP contribution in [0.15, 0.2) is 18.2 Å². The molecule has 1 aromatic carbocycles. The lowest BCUT2D eigenvalue weighted by Gasteiger charge is -2.56. The zero-order valence-electron chi connectivity index (χ0n) is 17.9. The summed E-state index contributed by atoms with van der Waals surface area (Å²) in [5, 5.41) is 0. The number of carbonyl (C=O) groups excluding carboxylic acids is 3. The first-order valence-corrected chi connectivity index (χ1v) is 10.8. The van der Waals surface area contributed by atoms with Gasteiger partial charge in [-0.3, -0.25) is 9.59 Å². The maximum atomic E-state index is 13.2. The highest BCUT2D eigenvalue weighted by Crippen LogP contribution is 2.60. The van der Waals surface area contributed by atoms with E-state index in [2.05, 4.69) is 0 Å². The van der Waals surface area contributed by atoms with E-state index in [1.807, 2.05) is 0 Å². The van der Waals surface area contributed by atoms with Gasteiger partial charge in [-0.1, -0.05) is 0 Å². The van der Waals surface area contributed by atoms with Crippen LogP contribution in [0, 0.1) is 23.2 Å². The first-order valence-electron chi connectivity index (χ1n) is 10.8. The summed E-state index contributed by atoms with van der Waals surface area (Å²) in [7, 11) is 1.47. The molecule has 0 N–H and O–H groups in total. The Hall–Kier alpha value is -2.37. The largest absolute Gasteiger partial charge is 0.493 e. The summed E-state index contributed by atoms with van der Waals surface area (Å²) in [5.41, 5.74) is 0.206. The number of esters is 1. The van der Waals surface area contributed by atoms with Crippen molar-refractivity contribution in [2.24, 2.45) is 23.2 Å². The molecular weight excluding hydrogens is 384 g/mol. The number of hydrogen-bond donors (Lipinski definition) is 0. The second-order valence-corrected chi connectivity index (χ2v) is 9.40. The fraction of sp³-hybridized carbons (Fsp3) is 0.625. The van der Waals surface area contributed by atoms with Gasteiger partial charge in [-0.15, -0.1) is 0 Å². The third-order valence-corrected chi connectivity index (χ3v) is 7.15. The highest BCUT2D eigenvalue weighted by atomic mass is 16.6. The zero-order chi connectivity index (χ0) is 21.5. The zero-order valence-corrected chi connectivity index (χ0v) is 17.9. The van der Waals surface area contributed by atoms with Crippen LogP contribution in [-0.4, -0.2) is 37.4 Å². The number of Topliss-reactive ketones (excluding diaryl/α,β-unsaturated/α-hetero) is 2. The van der Waals surface area contributed by atoms with Gasteiger partial charge in [0.15, 0.2) is 35.8 Å². The molecule has 0 aliphatic heterocycles. The number of rotatable bonds is 8. The van der Waals surface area contributed by atoms with Gasteiger partial charge in [0.2, 0.25) is 0 Å². The number of ketones is 2. The Balaban J connectivity index is 1.34. The van der Waals surface area contributed by atoms with Gasteiger partial charge in [-0.25, -0.2) is 4.79 Å². The predicted molar refractivity (Wildman–Crippen MR) is 110 cm³/mol. The van der Waals surface area contributed by atoms with Crippen molar-refractivity contribution in [1.29, 1.82) is 0 Å². The van der Waals surface area contributed by atoms with Crippen LogP contribution in [0.25, 0.3) is 0 Å². The topological polar surface area (TPSA) is 78.9 Å². The van der Waals surface area contributed by atoms with Gasteiger partial charge >= 0.3 is 5.97 Å². The van der Waals surface area contributed by atoms with Crippen LogP contribution in [0.2, 0.25) is 0 Å². The van der Waals surface area contributed by atoms with Crippen molar-refractivity contribution < 1.29 is 28.6 Å². The van der Waals surface area contributed by atoms with E-state index in [-0.39, 0.29) is 23.6 Å². The molecule has 1 unspecified atom stereocenters. The lowest BCUT2D eigenvalue weighted by atomic mass is 9.48. The summed E-state index contributed by atoms with van der Waals surface area (Å²) < 4.78 is 16.2. The molecule has 162 valence electrons. The van der Waals surface area contributed by atoms with Gasteiger partial charge in [0, 0.05) is 11.0 Å². The minimum absolute atomic E-state index is 0.0818. The summed E-state index contributed by atoms with van der Waals surface area (Å²) in [4.78, 5) is 37.1. The quantitative estimate of drug-likeness (QED) is 0.473. The molecule has 0 radical (unpaired) electrons. The molecule has 6 nitrogen and oxygen atoms in total. The van der Waals surface area contributed by atoms with E-state index in [9.17, 15) is 14.4 Å². The molecule has 0 amide bonds. The molecule has 0 saturated heterocycles. The van der Waals surface area contributed by atoms with Crippen molar-refractivity contribution in [3.05, 3.63) is 23.8 Å². The summed E-state index contributed by atoms with van der Waals surface area (Å²) in [6, 6.07) is 4.78. The number of methoxy groups -OCH3 is 1. The summed E-state index contributed by atoms with van der Waals surface area (Å²) >= 11 is 0. The number of benzene rings is 1. The average Bonchev–Trinajstić information content (AvgIpc) is 2.70. The molecule has 6 heteroatoms. The van der Waals surface area contributed by atoms with Gasteiger partial charge in [0.05, 0.1) is 7.11 Å². The van der Waals surface area contributed by atoms with Gasteiger partial charge in [0.25, 0.3) is 0 Å². The molecule has 0 heterocycles. The van der Waals surface area contributed by atoms with E-state index in [1.165, 1.54) is 33.3 Å². The maximum absolute atomic E-state index is 13.2. The van der Waals surface area contributed by atoms with Gasteiger partial charge in [0.1, 0.15) is 0 Å². The van der Waals surface area contributed by atoms with Gasteiger partial charge in [-0.05, 0) is 88.3 Å². The highest BCUT2D eigenvalue weighted by Gasteiger charge is 2.55. The Morgan fingerprint density at radius 2 is 1.63 bits per heavy atom. The summed E-state index contributed by atoms with van der Waals surface area (Å²) in [5.74, 6) is 2.12. The average molecular weight is 414 g/mol. The van der Waals surface area contributed by atoms with Crippen molar-refractivity contribution in [3.8, 4) is 11.5 Å². The minimum atomic E-state index is -0.765. The van der Waals surface area contributed by atoms with E-state index >= 15 is 0 Å². The lowest BCUT2D eigenvalue weighted by molar-refractivity contribution is -0.166. The highest BCUT2D eigenvalue weighted by molar-refractivity contribution is 5.94. The van der Waals surface area contributed by atoms with Crippen LogP contribution < -0.4 is 9.47 Å². The van der Waals surface area contributed by atoms with Crippen molar-refractivity contribution in [2.75, 3.05) is 13.7 Å². The fourth-order valence-electron chi connectivity index (χ4n) is 6.27. The molecule has 1 atom stereocenters. The van der Waals surface area contributed by atoms with Crippen molar-refractivity contribution in [3.63, 3.8) is 0 Å².